The normalized spacial score (nSPS) is 11.8. The van der Waals surface area contributed by atoms with Crippen LogP contribution in [0.5, 0.6) is 0 Å². The molecule has 0 bridgehead atoms. The Labute approximate surface area is 398 Å². The Morgan fingerprint density at radius 2 is 0.667 bits per heavy atom. The largest absolute Gasteiger partial charge is 0.309 e. The number of hydrogen-bond donors (Lipinski definition) is 0. The number of fused-ring (bicyclic) bond motifs is 9. The molecule has 9 aromatic carbocycles. The first-order chi connectivity index (χ1) is 34.2. The smallest absolute Gasteiger partial charge is 0.0963 e. The molecule has 5 aromatic heterocycles. The number of nitrogens with zero attached hydrogens (tertiary/aromatic N) is 5. The third kappa shape index (κ3) is 6.32. The van der Waals surface area contributed by atoms with Crippen molar-refractivity contribution in [3.05, 3.63) is 249 Å². The third-order valence-corrected chi connectivity index (χ3v) is 13.9. The Morgan fingerprint density at radius 3 is 1.26 bits per heavy atom. The highest BCUT2D eigenvalue weighted by Gasteiger charge is 2.19. The first kappa shape index (κ1) is 38.9. The van der Waals surface area contributed by atoms with Crippen LogP contribution >= 0.6 is 0 Å². The zero-order chi connectivity index (χ0) is 45.4. The molecule has 0 spiro atoms. The van der Waals surface area contributed by atoms with E-state index in [9.17, 15) is 0 Å². The van der Waals surface area contributed by atoms with Crippen LogP contribution in [0.25, 0.3) is 127 Å². The van der Waals surface area contributed by atoms with Crippen LogP contribution in [0.3, 0.4) is 0 Å². The summed E-state index contributed by atoms with van der Waals surface area (Å²) < 4.78 is 7.13. The monoisotopic (exact) mass is 879 g/mol. The summed E-state index contributed by atoms with van der Waals surface area (Å²) in [4.78, 5) is 10.1. The second kappa shape index (κ2) is 15.7. The number of benzene rings is 9. The van der Waals surface area contributed by atoms with Crippen LogP contribution < -0.4 is 0 Å². The predicted molar refractivity (Wildman–Crippen MR) is 287 cm³/mol. The number of rotatable bonds is 7. The molecule has 5 heterocycles. The molecule has 0 radical (unpaired) electrons. The molecule has 0 atom stereocenters. The van der Waals surface area contributed by atoms with Gasteiger partial charge in [-0.15, -0.1) is 0 Å². The van der Waals surface area contributed by atoms with E-state index in [-0.39, 0.29) is 0 Å². The van der Waals surface area contributed by atoms with Crippen LogP contribution in [0.15, 0.2) is 249 Å². The van der Waals surface area contributed by atoms with Gasteiger partial charge in [-0.2, -0.15) is 0 Å². The second-order valence-electron chi connectivity index (χ2n) is 17.8. The van der Waals surface area contributed by atoms with Crippen LogP contribution in [0, 0.1) is 0 Å². The molecule has 322 valence electrons. The van der Waals surface area contributed by atoms with Crippen molar-refractivity contribution in [1.82, 2.24) is 23.7 Å². The van der Waals surface area contributed by atoms with Crippen molar-refractivity contribution in [3.8, 4) is 61.8 Å². The van der Waals surface area contributed by atoms with Crippen molar-refractivity contribution < 1.29 is 0 Å². The number of aromatic nitrogens is 5. The van der Waals surface area contributed by atoms with Crippen LogP contribution in [-0.4, -0.2) is 23.7 Å². The number of para-hydroxylation sites is 3. The quantitative estimate of drug-likeness (QED) is 0.160. The maximum Gasteiger partial charge on any atom is 0.0963 e. The molecule has 0 saturated carbocycles. The van der Waals surface area contributed by atoms with Gasteiger partial charge in [-0.05, 0) is 119 Å². The fourth-order valence-electron chi connectivity index (χ4n) is 10.7. The van der Waals surface area contributed by atoms with E-state index in [0.717, 1.165) is 83.7 Å². The van der Waals surface area contributed by atoms with Gasteiger partial charge >= 0.3 is 0 Å². The molecule has 0 aliphatic rings. The number of hydrogen-bond acceptors (Lipinski definition) is 2. The minimum Gasteiger partial charge on any atom is -0.309 e. The van der Waals surface area contributed by atoms with Crippen molar-refractivity contribution >= 4 is 65.5 Å². The molecule has 0 saturated heterocycles. The number of pyridine rings is 2. The van der Waals surface area contributed by atoms with E-state index in [0.29, 0.717) is 0 Å². The molecular formula is C64H41N5. The molecule has 0 unspecified atom stereocenters. The fraction of sp³-hybridized carbons (Fsp3) is 0. The van der Waals surface area contributed by atoms with E-state index in [2.05, 4.69) is 250 Å². The fourth-order valence-corrected chi connectivity index (χ4v) is 10.7. The van der Waals surface area contributed by atoms with Crippen LogP contribution in [-0.2, 0) is 0 Å². The van der Waals surface area contributed by atoms with E-state index >= 15 is 0 Å². The average molecular weight is 880 g/mol. The molecule has 14 aromatic rings. The molecule has 5 nitrogen and oxygen atoms in total. The van der Waals surface area contributed by atoms with Gasteiger partial charge in [0.25, 0.3) is 0 Å². The van der Waals surface area contributed by atoms with Gasteiger partial charge in [0.15, 0.2) is 0 Å². The van der Waals surface area contributed by atoms with Crippen molar-refractivity contribution in [2.24, 2.45) is 0 Å². The molecule has 0 N–H and O–H groups in total. The van der Waals surface area contributed by atoms with Crippen molar-refractivity contribution in [1.29, 1.82) is 0 Å². The zero-order valence-electron chi connectivity index (χ0n) is 37.4. The Bertz CT molecular complexity index is 4240. The summed E-state index contributed by atoms with van der Waals surface area (Å²) in [7, 11) is 0. The van der Waals surface area contributed by atoms with E-state index in [1.165, 1.54) is 43.7 Å². The van der Waals surface area contributed by atoms with Gasteiger partial charge in [0, 0.05) is 55.6 Å². The molecule has 5 heteroatoms. The van der Waals surface area contributed by atoms with Gasteiger partial charge in [-0.3, -0.25) is 4.98 Å². The molecule has 0 aliphatic heterocycles. The summed E-state index contributed by atoms with van der Waals surface area (Å²) in [5.74, 6) is 0. The highest BCUT2D eigenvalue weighted by Crippen LogP contribution is 2.41. The second-order valence-corrected chi connectivity index (χ2v) is 17.8. The first-order valence-electron chi connectivity index (χ1n) is 23.5. The van der Waals surface area contributed by atoms with Gasteiger partial charge < -0.3 is 13.7 Å². The lowest BCUT2D eigenvalue weighted by Gasteiger charge is -2.13. The zero-order valence-corrected chi connectivity index (χ0v) is 37.4. The minimum absolute atomic E-state index is 0.941. The third-order valence-electron chi connectivity index (χ3n) is 13.9. The summed E-state index contributed by atoms with van der Waals surface area (Å²) in [6.45, 7) is 0. The lowest BCUT2D eigenvalue weighted by molar-refractivity contribution is 1.16. The molecule has 69 heavy (non-hydrogen) atoms. The Kier molecular flexibility index (Phi) is 8.83. The van der Waals surface area contributed by atoms with E-state index in [1.54, 1.807) is 0 Å². The first-order valence-corrected chi connectivity index (χ1v) is 23.5. The van der Waals surface area contributed by atoms with Gasteiger partial charge in [0.05, 0.1) is 55.7 Å². The van der Waals surface area contributed by atoms with E-state index < -0.39 is 0 Å². The van der Waals surface area contributed by atoms with Crippen molar-refractivity contribution in [2.75, 3.05) is 0 Å². The molecular weight excluding hydrogens is 839 g/mol. The summed E-state index contributed by atoms with van der Waals surface area (Å²) in [5, 5.41) is 6.00. The van der Waals surface area contributed by atoms with Crippen LogP contribution in [0.2, 0.25) is 0 Å². The van der Waals surface area contributed by atoms with E-state index in [4.69, 9.17) is 9.97 Å². The predicted octanol–water partition coefficient (Wildman–Crippen LogP) is 16.4. The highest BCUT2D eigenvalue weighted by molar-refractivity contribution is 6.13. The average Bonchev–Trinajstić information content (AvgIpc) is 4.06. The standard InChI is InChI=1S/C64H41N5/c1-4-16-42(17-5-1)56-40-50(41-57(66-56)43-18-6-2-7-19-43)69-59-27-13-11-25-52(59)54-38-46(30-33-61(54)69)45-29-32-60-53(37-45)51-24-10-12-26-58(51)68(60)49-23-14-20-44(36-49)47-31-34-62-55(39-47)64-63(28-15-35-65-64)67(62)48-21-8-3-9-22-48/h1-41H. The summed E-state index contributed by atoms with van der Waals surface area (Å²) in [5.41, 5.74) is 19.9. The summed E-state index contributed by atoms with van der Waals surface area (Å²) >= 11 is 0. The molecule has 14 rings (SSSR count). The Balaban J connectivity index is 0.881. The maximum atomic E-state index is 5.19. The van der Waals surface area contributed by atoms with Gasteiger partial charge in [-0.25, -0.2) is 4.98 Å². The van der Waals surface area contributed by atoms with Gasteiger partial charge in [0.1, 0.15) is 0 Å². The molecule has 0 fully saturated rings. The topological polar surface area (TPSA) is 40.6 Å². The minimum atomic E-state index is 0.941. The lowest BCUT2D eigenvalue weighted by Crippen LogP contribution is -1.98. The van der Waals surface area contributed by atoms with Crippen LogP contribution in [0.4, 0.5) is 0 Å². The lowest BCUT2D eigenvalue weighted by atomic mass is 10.0. The van der Waals surface area contributed by atoms with Crippen molar-refractivity contribution in [2.45, 2.75) is 0 Å². The maximum absolute atomic E-state index is 5.19. The van der Waals surface area contributed by atoms with Crippen LogP contribution in [0.1, 0.15) is 0 Å². The van der Waals surface area contributed by atoms with Gasteiger partial charge in [0.2, 0.25) is 0 Å². The molecule has 0 aliphatic carbocycles. The van der Waals surface area contributed by atoms with Gasteiger partial charge in [-0.1, -0.05) is 146 Å². The summed E-state index contributed by atoms with van der Waals surface area (Å²) in [6, 6.07) is 87.3. The Hall–Kier alpha value is -9.32. The Morgan fingerprint density at radius 1 is 0.246 bits per heavy atom. The van der Waals surface area contributed by atoms with E-state index in [1.807, 2.05) is 12.3 Å². The summed E-state index contributed by atoms with van der Waals surface area (Å²) in [6.07, 6.45) is 1.89. The SMILES string of the molecule is c1ccc(-c2cc(-n3c4ccccc4c4cc(-c5ccc6c(c5)c5ccccc5n6-c5cccc(-c6ccc7c(c6)c6ncccc6n7-c6ccccc6)c5)ccc43)cc(-c3ccccc3)n2)cc1. The van der Waals surface area contributed by atoms with Crippen molar-refractivity contribution in [3.63, 3.8) is 0 Å². The highest BCUT2D eigenvalue weighted by atomic mass is 15.0. The molecule has 0 amide bonds.